The lowest BCUT2D eigenvalue weighted by atomic mass is 10.1. The first-order valence-corrected chi connectivity index (χ1v) is 7.28. The molecule has 0 aromatic heterocycles. The van der Waals surface area contributed by atoms with E-state index in [0.29, 0.717) is 5.75 Å². The maximum Gasteiger partial charge on any atom is 0.122 e. The van der Waals surface area contributed by atoms with Crippen molar-refractivity contribution in [1.82, 2.24) is 9.80 Å². The number of piperazine rings is 1. The van der Waals surface area contributed by atoms with Gasteiger partial charge in [0.05, 0.1) is 0 Å². The van der Waals surface area contributed by atoms with Crippen molar-refractivity contribution in [1.29, 1.82) is 0 Å². The summed E-state index contributed by atoms with van der Waals surface area (Å²) in [5, 5.41) is 10.1. The van der Waals surface area contributed by atoms with Crippen LogP contribution in [-0.2, 0) is 6.54 Å². The molecule has 3 nitrogen and oxygen atoms in total. The van der Waals surface area contributed by atoms with E-state index in [1.807, 2.05) is 25.1 Å². The minimum atomic E-state index is 0.465. The van der Waals surface area contributed by atoms with E-state index in [-0.39, 0.29) is 0 Å². The number of nitrogens with zero attached hydrogens (tertiary/aromatic N) is 2. The van der Waals surface area contributed by atoms with Gasteiger partial charge < -0.3 is 10.0 Å². The molecule has 1 fully saturated rings. The second-order valence-corrected chi connectivity index (χ2v) is 6.05. The average Bonchev–Trinajstić information content (AvgIpc) is 2.37. The molecule has 0 amide bonds. The van der Waals surface area contributed by atoms with E-state index < -0.39 is 0 Å². The van der Waals surface area contributed by atoms with Gasteiger partial charge in [-0.1, -0.05) is 32.0 Å². The number of hydrogen-bond donors (Lipinski definition) is 1. The molecule has 0 atom stereocenters. The van der Waals surface area contributed by atoms with Crippen molar-refractivity contribution in [3.8, 4) is 5.75 Å². The van der Waals surface area contributed by atoms with Gasteiger partial charge in [0.15, 0.2) is 0 Å². The van der Waals surface area contributed by atoms with E-state index in [4.69, 9.17) is 0 Å². The fourth-order valence-electron chi connectivity index (χ4n) is 2.73. The first kappa shape index (κ1) is 14.4. The molecule has 1 aromatic carbocycles. The summed E-state index contributed by atoms with van der Waals surface area (Å²) in [4.78, 5) is 4.97. The lowest BCUT2D eigenvalue weighted by Gasteiger charge is -2.35. The smallest absolute Gasteiger partial charge is 0.122 e. The molecule has 1 heterocycles. The lowest BCUT2D eigenvalue weighted by molar-refractivity contribution is 0.117. The molecule has 0 aliphatic carbocycles. The second kappa shape index (κ2) is 6.40. The van der Waals surface area contributed by atoms with Crippen LogP contribution < -0.4 is 0 Å². The lowest BCUT2D eigenvalue weighted by Crippen LogP contribution is -2.46. The van der Waals surface area contributed by atoms with Gasteiger partial charge in [0.1, 0.15) is 5.75 Å². The Kier molecular flexibility index (Phi) is 4.83. The molecule has 0 unspecified atom stereocenters. The Balaban J connectivity index is 1.87. The zero-order valence-electron chi connectivity index (χ0n) is 12.4. The van der Waals surface area contributed by atoms with Gasteiger partial charge >= 0.3 is 0 Å². The molecule has 19 heavy (non-hydrogen) atoms. The highest BCUT2D eigenvalue weighted by Crippen LogP contribution is 2.23. The zero-order chi connectivity index (χ0) is 13.8. The van der Waals surface area contributed by atoms with Crippen LogP contribution in [0.1, 0.15) is 25.0 Å². The van der Waals surface area contributed by atoms with Crippen molar-refractivity contribution in [3.63, 3.8) is 0 Å². The summed E-state index contributed by atoms with van der Waals surface area (Å²) in [6, 6.07) is 6.02. The minimum absolute atomic E-state index is 0.465. The Morgan fingerprint density at radius 1 is 1.11 bits per heavy atom. The molecule has 3 heteroatoms. The summed E-state index contributed by atoms with van der Waals surface area (Å²) in [5.41, 5.74) is 2.02. The Morgan fingerprint density at radius 3 is 2.37 bits per heavy atom. The van der Waals surface area contributed by atoms with Crippen LogP contribution in [0.3, 0.4) is 0 Å². The van der Waals surface area contributed by atoms with Gasteiger partial charge in [-0.25, -0.2) is 0 Å². The van der Waals surface area contributed by atoms with Crippen molar-refractivity contribution in [2.24, 2.45) is 5.92 Å². The fourth-order valence-corrected chi connectivity index (χ4v) is 2.73. The van der Waals surface area contributed by atoms with Gasteiger partial charge in [-0.05, 0) is 18.4 Å². The van der Waals surface area contributed by atoms with Crippen LogP contribution in [0, 0.1) is 12.8 Å². The van der Waals surface area contributed by atoms with Crippen LogP contribution in [-0.4, -0.2) is 47.6 Å². The fraction of sp³-hybridized carbons (Fsp3) is 0.625. The minimum Gasteiger partial charge on any atom is -0.507 e. The zero-order valence-corrected chi connectivity index (χ0v) is 12.4. The van der Waals surface area contributed by atoms with E-state index in [2.05, 4.69) is 23.6 Å². The molecule has 1 aromatic rings. The highest BCUT2D eigenvalue weighted by molar-refractivity contribution is 5.39. The molecule has 1 saturated heterocycles. The molecule has 0 bridgehead atoms. The maximum atomic E-state index is 10.1. The summed E-state index contributed by atoms with van der Waals surface area (Å²) < 4.78 is 0. The predicted molar refractivity (Wildman–Crippen MR) is 79.4 cm³/mol. The molecule has 1 N–H and O–H groups in total. The number of rotatable bonds is 4. The van der Waals surface area contributed by atoms with Crippen LogP contribution in [0.25, 0.3) is 0 Å². The van der Waals surface area contributed by atoms with E-state index in [0.717, 1.165) is 49.8 Å². The average molecular weight is 262 g/mol. The van der Waals surface area contributed by atoms with Gasteiger partial charge in [0, 0.05) is 44.8 Å². The van der Waals surface area contributed by atoms with Crippen molar-refractivity contribution in [2.45, 2.75) is 27.3 Å². The Hall–Kier alpha value is -1.06. The molecule has 2 rings (SSSR count). The number of aromatic hydroxyl groups is 1. The van der Waals surface area contributed by atoms with Crippen LogP contribution in [0.15, 0.2) is 18.2 Å². The van der Waals surface area contributed by atoms with Gasteiger partial charge in [0.2, 0.25) is 0 Å². The first-order valence-electron chi connectivity index (χ1n) is 7.28. The predicted octanol–water partition coefficient (Wildman–Crippen LogP) is 2.47. The van der Waals surface area contributed by atoms with Crippen LogP contribution in [0.2, 0.25) is 0 Å². The third kappa shape index (κ3) is 3.95. The molecule has 0 spiro atoms. The first-order chi connectivity index (χ1) is 9.06. The molecule has 1 aliphatic heterocycles. The van der Waals surface area contributed by atoms with Crippen molar-refractivity contribution < 1.29 is 5.11 Å². The summed E-state index contributed by atoms with van der Waals surface area (Å²) in [6.07, 6.45) is 0. The van der Waals surface area contributed by atoms with Gasteiger partial charge in [0.25, 0.3) is 0 Å². The van der Waals surface area contributed by atoms with E-state index in [1.165, 1.54) is 6.54 Å². The summed E-state index contributed by atoms with van der Waals surface area (Å²) in [5.74, 6) is 1.21. The third-order valence-corrected chi connectivity index (χ3v) is 3.80. The van der Waals surface area contributed by atoms with Crippen LogP contribution in [0.4, 0.5) is 0 Å². The van der Waals surface area contributed by atoms with Crippen molar-refractivity contribution in [2.75, 3.05) is 32.7 Å². The second-order valence-electron chi connectivity index (χ2n) is 6.05. The number of hydrogen-bond acceptors (Lipinski definition) is 3. The Morgan fingerprint density at radius 2 is 1.74 bits per heavy atom. The molecular formula is C16H26N2O. The summed E-state index contributed by atoms with van der Waals surface area (Å²) in [6.45, 7) is 13.1. The third-order valence-electron chi connectivity index (χ3n) is 3.80. The maximum absolute atomic E-state index is 10.1. The van der Waals surface area contributed by atoms with Crippen molar-refractivity contribution >= 4 is 0 Å². The Bertz CT molecular complexity index is 409. The standard InChI is InChI=1S/C16H26N2O/c1-13(2)11-17-7-9-18(10-8-17)12-15-6-4-5-14(3)16(15)19/h4-6,13,19H,7-12H2,1-3H3. The summed E-state index contributed by atoms with van der Waals surface area (Å²) in [7, 11) is 0. The topological polar surface area (TPSA) is 26.7 Å². The highest BCUT2D eigenvalue weighted by Gasteiger charge is 2.18. The van der Waals surface area contributed by atoms with Crippen LogP contribution >= 0.6 is 0 Å². The number of para-hydroxylation sites is 1. The number of aryl methyl sites for hydroxylation is 1. The molecular weight excluding hydrogens is 236 g/mol. The quantitative estimate of drug-likeness (QED) is 0.903. The Labute approximate surface area is 116 Å². The number of phenols is 1. The van der Waals surface area contributed by atoms with Crippen molar-refractivity contribution in [3.05, 3.63) is 29.3 Å². The number of benzene rings is 1. The molecule has 106 valence electrons. The largest absolute Gasteiger partial charge is 0.507 e. The van der Waals surface area contributed by atoms with Gasteiger partial charge in [-0.2, -0.15) is 0 Å². The normalized spacial score (nSPS) is 18.1. The van der Waals surface area contributed by atoms with E-state index in [1.54, 1.807) is 0 Å². The number of phenolic OH excluding ortho intramolecular Hbond substituents is 1. The van der Waals surface area contributed by atoms with E-state index >= 15 is 0 Å². The molecule has 0 saturated carbocycles. The molecule has 0 radical (unpaired) electrons. The SMILES string of the molecule is Cc1cccc(CN2CCN(CC(C)C)CC2)c1O. The summed E-state index contributed by atoms with van der Waals surface area (Å²) >= 11 is 0. The van der Waals surface area contributed by atoms with Crippen LogP contribution in [0.5, 0.6) is 5.75 Å². The van der Waals surface area contributed by atoms with Gasteiger partial charge in [-0.3, -0.25) is 4.90 Å². The highest BCUT2D eigenvalue weighted by atomic mass is 16.3. The van der Waals surface area contributed by atoms with E-state index in [9.17, 15) is 5.11 Å². The molecule has 1 aliphatic rings. The monoisotopic (exact) mass is 262 g/mol. The van der Waals surface area contributed by atoms with Gasteiger partial charge in [-0.15, -0.1) is 0 Å².